The molecule has 1 atom stereocenters. The van der Waals surface area contributed by atoms with Crippen LogP contribution in [0.2, 0.25) is 5.02 Å². The van der Waals surface area contributed by atoms with Gasteiger partial charge in [-0.3, -0.25) is 0 Å². The van der Waals surface area contributed by atoms with Crippen molar-refractivity contribution in [1.29, 1.82) is 0 Å². The van der Waals surface area contributed by atoms with Crippen LogP contribution in [-0.4, -0.2) is 6.04 Å². The van der Waals surface area contributed by atoms with E-state index in [0.29, 0.717) is 0 Å². The second-order valence-corrected chi connectivity index (χ2v) is 6.06. The average Bonchev–Trinajstić information content (AvgIpc) is 2.61. The van der Waals surface area contributed by atoms with Gasteiger partial charge in [-0.05, 0) is 30.4 Å². The standard InChI is InChI=1S/C16H24ClN/c17-16-10-6-5-9-14(16)12-15(18)11-13-7-3-1-2-4-8-13/h5-6,9-10,13,15H,1-4,7-8,11-12,18H2. The SMILES string of the molecule is NC(Cc1ccccc1Cl)CC1CCCCCC1. The molecular weight excluding hydrogens is 242 g/mol. The fourth-order valence-corrected chi connectivity index (χ4v) is 3.27. The van der Waals surface area contributed by atoms with Crippen molar-refractivity contribution in [2.24, 2.45) is 11.7 Å². The lowest BCUT2D eigenvalue weighted by Gasteiger charge is -2.19. The Labute approximate surface area is 116 Å². The van der Waals surface area contributed by atoms with Crippen LogP contribution >= 0.6 is 11.6 Å². The van der Waals surface area contributed by atoms with Gasteiger partial charge in [0.25, 0.3) is 0 Å². The Morgan fingerprint density at radius 1 is 1.11 bits per heavy atom. The molecule has 0 heterocycles. The molecule has 2 rings (SSSR count). The highest BCUT2D eigenvalue weighted by molar-refractivity contribution is 6.31. The van der Waals surface area contributed by atoms with E-state index in [0.717, 1.165) is 23.8 Å². The molecule has 1 aliphatic carbocycles. The summed E-state index contributed by atoms with van der Waals surface area (Å²) in [6, 6.07) is 8.32. The van der Waals surface area contributed by atoms with Gasteiger partial charge in [0.15, 0.2) is 0 Å². The quantitative estimate of drug-likeness (QED) is 0.793. The van der Waals surface area contributed by atoms with E-state index < -0.39 is 0 Å². The summed E-state index contributed by atoms with van der Waals surface area (Å²) in [4.78, 5) is 0. The van der Waals surface area contributed by atoms with Gasteiger partial charge in [0.05, 0.1) is 0 Å². The van der Waals surface area contributed by atoms with Crippen LogP contribution in [0, 0.1) is 5.92 Å². The fourth-order valence-electron chi connectivity index (χ4n) is 3.06. The van der Waals surface area contributed by atoms with Gasteiger partial charge >= 0.3 is 0 Å². The Kier molecular flexibility index (Phi) is 5.52. The van der Waals surface area contributed by atoms with Crippen molar-refractivity contribution in [1.82, 2.24) is 0 Å². The van der Waals surface area contributed by atoms with Crippen molar-refractivity contribution in [2.75, 3.05) is 0 Å². The van der Waals surface area contributed by atoms with Crippen LogP contribution in [0.4, 0.5) is 0 Å². The van der Waals surface area contributed by atoms with Crippen molar-refractivity contribution >= 4 is 11.6 Å². The van der Waals surface area contributed by atoms with E-state index in [4.69, 9.17) is 17.3 Å². The monoisotopic (exact) mass is 265 g/mol. The van der Waals surface area contributed by atoms with E-state index >= 15 is 0 Å². The predicted molar refractivity (Wildman–Crippen MR) is 78.9 cm³/mol. The molecule has 0 bridgehead atoms. The highest BCUT2D eigenvalue weighted by Gasteiger charge is 2.16. The van der Waals surface area contributed by atoms with Gasteiger partial charge in [-0.25, -0.2) is 0 Å². The maximum absolute atomic E-state index is 6.30. The van der Waals surface area contributed by atoms with Gasteiger partial charge in [0.2, 0.25) is 0 Å². The number of hydrogen-bond acceptors (Lipinski definition) is 1. The third-order valence-corrected chi connectivity index (χ3v) is 4.42. The topological polar surface area (TPSA) is 26.0 Å². The molecule has 0 radical (unpaired) electrons. The minimum absolute atomic E-state index is 0.257. The summed E-state index contributed by atoms with van der Waals surface area (Å²) < 4.78 is 0. The fraction of sp³-hybridized carbons (Fsp3) is 0.625. The van der Waals surface area contributed by atoms with Crippen molar-refractivity contribution in [3.05, 3.63) is 34.9 Å². The normalized spacial score (nSPS) is 19.4. The Morgan fingerprint density at radius 2 is 1.78 bits per heavy atom. The van der Waals surface area contributed by atoms with Crippen molar-refractivity contribution in [3.63, 3.8) is 0 Å². The number of rotatable bonds is 4. The van der Waals surface area contributed by atoms with E-state index in [1.807, 2.05) is 18.2 Å². The first-order valence-electron chi connectivity index (χ1n) is 7.24. The summed E-state index contributed by atoms with van der Waals surface area (Å²) in [6.07, 6.45) is 10.4. The smallest absolute Gasteiger partial charge is 0.0438 e. The zero-order valence-corrected chi connectivity index (χ0v) is 11.8. The molecule has 1 aromatic rings. The van der Waals surface area contributed by atoms with Crippen LogP contribution in [0.3, 0.4) is 0 Å². The second-order valence-electron chi connectivity index (χ2n) is 5.65. The molecule has 18 heavy (non-hydrogen) atoms. The first kappa shape index (κ1) is 13.9. The molecule has 1 saturated carbocycles. The number of hydrogen-bond donors (Lipinski definition) is 1. The van der Waals surface area contributed by atoms with Crippen LogP contribution in [-0.2, 0) is 6.42 Å². The summed E-state index contributed by atoms with van der Waals surface area (Å²) in [6.45, 7) is 0. The van der Waals surface area contributed by atoms with Crippen molar-refractivity contribution in [2.45, 2.75) is 57.4 Å². The number of halogens is 1. The Morgan fingerprint density at radius 3 is 2.44 bits per heavy atom. The Bertz CT molecular complexity index is 356. The highest BCUT2D eigenvalue weighted by Crippen LogP contribution is 2.27. The van der Waals surface area contributed by atoms with Gasteiger partial charge in [-0.1, -0.05) is 68.3 Å². The summed E-state index contributed by atoms with van der Waals surface area (Å²) >= 11 is 6.18. The number of benzene rings is 1. The minimum atomic E-state index is 0.257. The summed E-state index contributed by atoms with van der Waals surface area (Å²) in [5.74, 6) is 0.838. The maximum atomic E-state index is 6.30. The zero-order valence-electron chi connectivity index (χ0n) is 11.1. The molecule has 0 aliphatic heterocycles. The van der Waals surface area contributed by atoms with E-state index in [1.54, 1.807) is 0 Å². The first-order chi connectivity index (χ1) is 8.75. The van der Waals surface area contributed by atoms with Crippen molar-refractivity contribution < 1.29 is 0 Å². The maximum Gasteiger partial charge on any atom is 0.0438 e. The zero-order chi connectivity index (χ0) is 12.8. The molecule has 100 valence electrons. The predicted octanol–water partition coefficient (Wildman–Crippen LogP) is 4.57. The average molecular weight is 266 g/mol. The molecule has 2 heteroatoms. The molecule has 0 saturated heterocycles. The van der Waals surface area contributed by atoms with E-state index in [-0.39, 0.29) is 6.04 Å². The summed E-state index contributed by atoms with van der Waals surface area (Å²) in [7, 11) is 0. The van der Waals surface area contributed by atoms with E-state index in [1.165, 1.54) is 44.1 Å². The van der Waals surface area contributed by atoms with Crippen LogP contribution < -0.4 is 5.73 Å². The van der Waals surface area contributed by atoms with Crippen LogP contribution in [0.25, 0.3) is 0 Å². The third kappa shape index (κ3) is 4.29. The second kappa shape index (κ2) is 7.16. The Hall–Kier alpha value is -0.530. The van der Waals surface area contributed by atoms with E-state index in [9.17, 15) is 0 Å². The lowest BCUT2D eigenvalue weighted by atomic mass is 9.90. The molecule has 0 spiro atoms. The van der Waals surface area contributed by atoms with Crippen LogP contribution in [0.15, 0.2) is 24.3 Å². The Balaban J connectivity index is 1.84. The molecule has 0 amide bonds. The molecule has 1 aromatic carbocycles. The van der Waals surface area contributed by atoms with Gasteiger partial charge in [0.1, 0.15) is 0 Å². The third-order valence-electron chi connectivity index (χ3n) is 4.05. The molecule has 1 unspecified atom stereocenters. The highest BCUT2D eigenvalue weighted by atomic mass is 35.5. The van der Waals surface area contributed by atoms with E-state index in [2.05, 4.69) is 6.07 Å². The number of nitrogens with two attached hydrogens (primary N) is 1. The molecular formula is C16H24ClN. The lowest BCUT2D eigenvalue weighted by molar-refractivity contribution is 0.387. The van der Waals surface area contributed by atoms with Crippen LogP contribution in [0.1, 0.15) is 50.5 Å². The van der Waals surface area contributed by atoms with Gasteiger partial charge in [0, 0.05) is 11.1 Å². The first-order valence-corrected chi connectivity index (χ1v) is 7.62. The van der Waals surface area contributed by atoms with Gasteiger partial charge in [-0.2, -0.15) is 0 Å². The largest absolute Gasteiger partial charge is 0.327 e. The van der Waals surface area contributed by atoms with Crippen LogP contribution in [0.5, 0.6) is 0 Å². The molecule has 1 fully saturated rings. The molecule has 2 N–H and O–H groups in total. The summed E-state index contributed by atoms with van der Waals surface area (Å²) in [5.41, 5.74) is 7.49. The van der Waals surface area contributed by atoms with Gasteiger partial charge in [-0.15, -0.1) is 0 Å². The summed E-state index contributed by atoms with van der Waals surface area (Å²) in [5, 5.41) is 0.855. The van der Waals surface area contributed by atoms with Gasteiger partial charge < -0.3 is 5.73 Å². The lowest BCUT2D eigenvalue weighted by Crippen LogP contribution is -2.26. The molecule has 1 nitrogen and oxygen atoms in total. The molecule has 0 aromatic heterocycles. The van der Waals surface area contributed by atoms with Crippen molar-refractivity contribution in [3.8, 4) is 0 Å². The minimum Gasteiger partial charge on any atom is -0.327 e. The molecule has 1 aliphatic rings.